The lowest BCUT2D eigenvalue weighted by Gasteiger charge is -2.06. The standard InChI is InChI=1S/C11H10ClNO3/c1-7(14)15-11-6-10(13-16-11)8-2-4-9(12)5-3-8/h2-5,11H,6H2,1H3. The number of nitrogens with zero attached hydrogens (tertiary/aromatic N) is 1. The van der Waals surface area contributed by atoms with E-state index in [9.17, 15) is 4.79 Å². The number of hydrogen-bond donors (Lipinski definition) is 0. The lowest BCUT2D eigenvalue weighted by atomic mass is 10.1. The summed E-state index contributed by atoms with van der Waals surface area (Å²) in [7, 11) is 0. The highest BCUT2D eigenvalue weighted by Gasteiger charge is 2.24. The Bertz CT molecular complexity index is 427. The highest BCUT2D eigenvalue weighted by molar-refractivity contribution is 6.30. The first-order valence-electron chi connectivity index (χ1n) is 4.81. The Labute approximate surface area is 97.8 Å². The van der Waals surface area contributed by atoms with E-state index >= 15 is 0 Å². The van der Waals surface area contributed by atoms with E-state index in [1.807, 2.05) is 12.1 Å². The number of esters is 1. The summed E-state index contributed by atoms with van der Waals surface area (Å²) in [6.45, 7) is 1.34. The molecule has 0 spiro atoms. The van der Waals surface area contributed by atoms with E-state index in [1.54, 1.807) is 12.1 Å². The van der Waals surface area contributed by atoms with Gasteiger partial charge in [-0.1, -0.05) is 28.9 Å². The molecule has 2 rings (SSSR count). The summed E-state index contributed by atoms with van der Waals surface area (Å²) in [5.74, 6) is -0.377. The zero-order valence-electron chi connectivity index (χ0n) is 8.64. The first-order valence-corrected chi connectivity index (χ1v) is 5.19. The second kappa shape index (κ2) is 4.53. The summed E-state index contributed by atoms with van der Waals surface area (Å²) >= 11 is 5.78. The monoisotopic (exact) mass is 239 g/mol. The van der Waals surface area contributed by atoms with Crippen LogP contribution in [-0.2, 0) is 14.4 Å². The minimum Gasteiger partial charge on any atom is -0.423 e. The van der Waals surface area contributed by atoms with E-state index in [1.165, 1.54) is 6.92 Å². The molecule has 5 heteroatoms. The van der Waals surface area contributed by atoms with Gasteiger partial charge in [-0.15, -0.1) is 0 Å². The molecule has 84 valence electrons. The second-order valence-corrected chi connectivity index (χ2v) is 3.83. The van der Waals surface area contributed by atoms with E-state index in [-0.39, 0.29) is 5.97 Å². The van der Waals surface area contributed by atoms with Gasteiger partial charge in [-0.2, -0.15) is 0 Å². The zero-order chi connectivity index (χ0) is 11.5. The fourth-order valence-electron chi connectivity index (χ4n) is 1.42. The normalized spacial score (nSPS) is 18.9. The van der Waals surface area contributed by atoms with Crippen molar-refractivity contribution in [3.05, 3.63) is 34.9 Å². The van der Waals surface area contributed by atoms with Crippen molar-refractivity contribution in [2.75, 3.05) is 0 Å². The average Bonchev–Trinajstić information content (AvgIpc) is 2.66. The number of carbonyl (C=O) groups is 1. The molecule has 1 aromatic carbocycles. The molecule has 16 heavy (non-hydrogen) atoms. The summed E-state index contributed by atoms with van der Waals surface area (Å²) in [6.07, 6.45) is -0.149. The van der Waals surface area contributed by atoms with Gasteiger partial charge in [0, 0.05) is 11.9 Å². The van der Waals surface area contributed by atoms with Gasteiger partial charge in [0.1, 0.15) is 0 Å². The fraction of sp³-hybridized carbons (Fsp3) is 0.273. The molecule has 0 saturated carbocycles. The number of rotatable bonds is 2. The van der Waals surface area contributed by atoms with Crippen molar-refractivity contribution in [1.82, 2.24) is 0 Å². The first kappa shape index (κ1) is 11.0. The van der Waals surface area contributed by atoms with E-state index in [2.05, 4.69) is 5.16 Å². The number of hydrogen-bond acceptors (Lipinski definition) is 4. The van der Waals surface area contributed by atoms with Crippen molar-refractivity contribution < 1.29 is 14.4 Å². The molecule has 0 N–H and O–H groups in total. The Morgan fingerprint density at radius 2 is 2.19 bits per heavy atom. The van der Waals surface area contributed by atoms with Crippen LogP contribution in [0, 0.1) is 0 Å². The summed E-state index contributed by atoms with van der Waals surface area (Å²) in [6, 6.07) is 7.25. The van der Waals surface area contributed by atoms with Gasteiger partial charge in [0.15, 0.2) is 0 Å². The van der Waals surface area contributed by atoms with E-state index in [0.29, 0.717) is 11.4 Å². The Balaban J connectivity index is 2.03. The topological polar surface area (TPSA) is 47.9 Å². The van der Waals surface area contributed by atoms with Crippen molar-refractivity contribution in [1.29, 1.82) is 0 Å². The number of carbonyl (C=O) groups excluding carboxylic acids is 1. The molecule has 0 fully saturated rings. The predicted molar refractivity (Wildman–Crippen MR) is 59.2 cm³/mol. The molecule has 1 unspecified atom stereocenters. The Morgan fingerprint density at radius 3 is 2.81 bits per heavy atom. The largest absolute Gasteiger partial charge is 0.423 e. The van der Waals surface area contributed by atoms with E-state index < -0.39 is 6.29 Å². The van der Waals surface area contributed by atoms with Crippen LogP contribution >= 0.6 is 11.6 Å². The van der Waals surface area contributed by atoms with Gasteiger partial charge in [-0.25, -0.2) is 0 Å². The maximum Gasteiger partial charge on any atom is 0.305 e. The number of oxime groups is 1. The van der Waals surface area contributed by atoms with Gasteiger partial charge in [0.25, 0.3) is 6.29 Å². The van der Waals surface area contributed by atoms with Crippen LogP contribution in [0.3, 0.4) is 0 Å². The van der Waals surface area contributed by atoms with Crippen molar-refractivity contribution in [3.63, 3.8) is 0 Å². The maximum absolute atomic E-state index is 10.7. The molecule has 0 aromatic heterocycles. The first-order chi connectivity index (χ1) is 7.65. The average molecular weight is 240 g/mol. The number of benzene rings is 1. The van der Waals surface area contributed by atoms with Crippen LogP contribution in [0.5, 0.6) is 0 Å². The van der Waals surface area contributed by atoms with Gasteiger partial charge in [0.05, 0.1) is 12.1 Å². The van der Waals surface area contributed by atoms with Crippen molar-refractivity contribution >= 4 is 23.3 Å². The van der Waals surface area contributed by atoms with Gasteiger partial charge in [0.2, 0.25) is 0 Å². The molecule has 1 aliphatic rings. The summed E-state index contributed by atoms with van der Waals surface area (Å²) in [4.78, 5) is 15.7. The number of halogens is 1. The van der Waals surface area contributed by atoms with Gasteiger partial charge < -0.3 is 9.57 Å². The molecule has 1 aliphatic heterocycles. The fourth-order valence-corrected chi connectivity index (χ4v) is 1.54. The van der Waals surface area contributed by atoms with Crippen LogP contribution in [-0.4, -0.2) is 18.0 Å². The Hall–Kier alpha value is -1.55. The van der Waals surface area contributed by atoms with Crippen LogP contribution in [0.15, 0.2) is 29.4 Å². The zero-order valence-corrected chi connectivity index (χ0v) is 9.40. The Morgan fingerprint density at radius 1 is 1.50 bits per heavy atom. The van der Waals surface area contributed by atoms with Gasteiger partial charge in [-0.3, -0.25) is 4.79 Å². The SMILES string of the molecule is CC(=O)OC1CC(c2ccc(Cl)cc2)=NO1. The third kappa shape index (κ3) is 2.52. The second-order valence-electron chi connectivity index (χ2n) is 3.39. The maximum atomic E-state index is 10.7. The quantitative estimate of drug-likeness (QED) is 0.745. The van der Waals surface area contributed by atoms with E-state index in [0.717, 1.165) is 11.3 Å². The molecule has 0 amide bonds. The summed E-state index contributed by atoms with van der Waals surface area (Å²) in [5, 5.41) is 4.53. The molecule has 1 atom stereocenters. The van der Waals surface area contributed by atoms with Crippen molar-refractivity contribution in [2.45, 2.75) is 19.6 Å². The highest BCUT2D eigenvalue weighted by atomic mass is 35.5. The van der Waals surface area contributed by atoms with Crippen LogP contribution in [0.1, 0.15) is 18.9 Å². The highest BCUT2D eigenvalue weighted by Crippen LogP contribution is 2.19. The minimum atomic E-state index is -0.608. The minimum absolute atomic E-state index is 0.377. The van der Waals surface area contributed by atoms with Crippen LogP contribution < -0.4 is 0 Å². The van der Waals surface area contributed by atoms with Crippen LogP contribution in [0.4, 0.5) is 0 Å². The summed E-state index contributed by atoms with van der Waals surface area (Å²) in [5.41, 5.74) is 1.67. The molecule has 0 saturated heterocycles. The van der Waals surface area contributed by atoms with Crippen LogP contribution in [0.25, 0.3) is 0 Å². The Kier molecular flexibility index (Phi) is 3.10. The van der Waals surface area contributed by atoms with E-state index in [4.69, 9.17) is 21.2 Å². The number of ether oxygens (including phenoxy) is 1. The molecule has 4 nitrogen and oxygen atoms in total. The lowest BCUT2D eigenvalue weighted by Crippen LogP contribution is -2.16. The molecular formula is C11H10ClNO3. The molecule has 0 aliphatic carbocycles. The summed E-state index contributed by atoms with van der Waals surface area (Å²) < 4.78 is 4.88. The van der Waals surface area contributed by atoms with Gasteiger partial charge >= 0.3 is 5.97 Å². The molecule has 1 aromatic rings. The van der Waals surface area contributed by atoms with Gasteiger partial charge in [-0.05, 0) is 17.7 Å². The third-order valence-corrected chi connectivity index (χ3v) is 2.37. The predicted octanol–water partition coefficient (Wildman–Crippen LogP) is 2.35. The van der Waals surface area contributed by atoms with Crippen molar-refractivity contribution in [3.8, 4) is 0 Å². The molecule has 0 radical (unpaired) electrons. The molecule has 0 bridgehead atoms. The molecule has 1 heterocycles. The molecular weight excluding hydrogens is 230 g/mol. The van der Waals surface area contributed by atoms with Crippen molar-refractivity contribution in [2.24, 2.45) is 5.16 Å². The lowest BCUT2D eigenvalue weighted by molar-refractivity contribution is -0.170. The third-order valence-electron chi connectivity index (χ3n) is 2.12. The smallest absolute Gasteiger partial charge is 0.305 e. The van der Waals surface area contributed by atoms with Crippen LogP contribution in [0.2, 0.25) is 5.02 Å².